The molecule has 0 bridgehead atoms. The predicted octanol–water partition coefficient (Wildman–Crippen LogP) is 1.90. The van der Waals surface area contributed by atoms with Crippen molar-refractivity contribution < 1.29 is 8.42 Å². The molecule has 5 heteroatoms. The summed E-state index contributed by atoms with van der Waals surface area (Å²) in [5.41, 5.74) is 4.16. The van der Waals surface area contributed by atoms with Crippen LogP contribution in [0.2, 0.25) is 0 Å². The number of hydrogen-bond acceptors (Lipinski definition) is 3. The van der Waals surface area contributed by atoms with Crippen LogP contribution in [-0.4, -0.2) is 27.3 Å². The SMILES string of the molecule is CCS(=O)(=O)NCCCN[C@@H]1CCc2ccc(C)cc21. The number of fused-ring (bicyclic) bond motifs is 1. The Morgan fingerprint density at radius 2 is 2.10 bits per heavy atom. The molecule has 1 aromatic rings. The van der Waals surface area contributed by atoms with Crippen LogP contribution < -0.4 is 10.0 Å². The Kier molecular flexibility index (Phi) is 5.18. The fourth-order valence-electron chi connectivity index (χ4n) is 2.63. The van der Waals surface area contributed by atoms with Gasteiger partial charge in [-0.3, -0.25) is 0 Å². The first-order chi connectivity index (χ1) is 9.52. The summed E-state index contributed by atoms with van der Waals surface area (Å²) in [6.07, 6.45) is 3.09. The van der Waals surface area contributed by atoms with Crippen molar-refractivity contribution in [3.8, 4) is 0 Å². The highest BCUT2D eigenvalue weighted by molar-refractivity contribution is 7.89. The lowest BCUT2D eigenvalue weighted by Gasteiger charge is -2.14. The summed E-state index contributed by atoms with van der Waals surface area (Å²) in [6.45, 7) is 5.12. The molecule has 112 valence electrons. The molecule has 0 aliphatic heterocycles. The summed E-state index contributed by atoms with van der Waals surface area (Å²) in [4.78, 5) is 0. The molecule has 0 unspecified atom stereocenters. The lowest BCUT2D eigenvalue weighted by Crippen LogP contribution is -2.29. The van der Waals surface area contributed by atoms with Crippen LogP contribution in [0.3, 0.4) is 0 Å². The van der Waals surface area contributed by atoms with Crippen molar-refractivity contribution in [1.82, 2.24) is 10.0 Å². The second kappa shape index (κ2) is 6.70. The first-order valence-electron chi connectivity index (χ1n) is 7.32. The van der Waals surface area contributed by atoms with Gasteiger partial charge in [-0.25, -0.2) is 13.1 Å². The molecule has 2 N–H and O–H groups in total. The van der Waals surface area contributed by atoms with E-state index in [-0.39, 0.29) is 5.75 Å². The van der Waals surface area contributed by atoms with Crippen LogP contribution in [0.25, 0.3) is 0 Å². The molecule has 0 saturated carbocycles. The Hall–Kier alpha value is -0.910. The summed E-state index contributed by atoms with van der Waals surface area (Å²) in [5, 5.41) is 3.53. The third-order valence-corrected chi connectivity index (χ3v) is 5.23. The topological polar surface area (TPSA) is 58.2 Å². The van der Waals surface area contributed by atoms with Crippen LogP contribution >= 0.6 is 0 Å². The van der Waals surface area contributed by atoms with E-state index in [4.69, 9.17) is 0 Å². The molecule has 1 aliphatic rings. The van der Waals surface area contributed by atoms with Crippen LogP contribution in [0.1, 0.15) is 42.5 Å². The molecule has 20 heavy (non-hydrogen) atoms. The Morgan fingerprint density at radius 3 is 2.85 bits per heavy atom. The van der Waals surface area contributed by atoms with Crippen molar-refractivity contribution in [3.63, 3.8) is 0 Å². The van der Waals surface area contributed by atoms with Gasteiger partial charge in [0.05, 0.1) is 5.75 Å². The van der Waals surface area contributed by atoms with Gasteiger partial charge in [-0.05, 0) is 50.8 Å². The smallest absolute Gasteiger partial charge is 0.211 e. The van der Waals surface area contributed by atoms with Gasteiger partial charge in [-0.15, -0.1) is 0 Å². The Bertz CT molecular complexity index is 555. The molecule has 4 nitrogen and oxygen atoms in total. The van der Waals surface area contributed by atoms with Crippen molar-refractivity contribution in [2.45, 2.75) is 39.2 Å². The quantitative estimate of drug-likeness (QED) is 0.756. The second-order valence-corrected chi connectivity index (χ2v) is 7.49. The third kappa shape index (κ3) is 4.04. The van der Waals surface area contributed by atoms with Crippen LogP contribution in [0, 0.1) is 6.92 Å². The largest absolute Gasteiger partial charge is 0.310 e. The van der Waals surface area contributed by atoms with Gasteiger partial charge in [-0.2, -0.15) is 0 Å². The van der Waals surface area contributed by atoms with Gasteiger partial charge in [0.2, 0.25) is 10.0 Å². The normalized spacial score (nSPS) is 18.2. The number of aryl methyl sites for hydroxylation is 2. The van der Waals surface area contributed by atoms with Crippen LogP contribution in [0.4, 0.5) is 0 Å². The minimum absolute atomic E-state index is 0.149. The number of hydrogen-bond donors (Lipinski definition) is 2. The minimum atomic E-state index is -3.05. The van der Waals surface area contributed by atoms with Gasteiger partial charge in [-0.1, -0.05) is 23.8 Å². The van der Waals surface area contributed by atoms with E-state index >= 15 is 0 Å². The van der Waals surface area contributed by atoms with Gasteiger partial charge < -0.3 is 5.32 Å². The maximum absolute atomic E-state index is 11.3. The van der Waals surface area contributed by atoms with Crippen molar-refractivity contribution in [1.29, 1.82) is 0 Å². The summed E-state index contributed by atoms with van der Waals surface area (Å²) >= 11 is 0. The highest BCUT2D eigenvalue weighted by atomic mass is 32.2. The Labute approximate surface area is 122 Å². The van der Waals surface area contributed by atoms with E-state index in [1.807, 2.05) is 0 Å². The van der Waals surface area contributed by atoms with E-state index in [2.05, 4.69) is 35.2 Å². The fourth-order valence-corrected chi connectivity index (χ4v) is 3.29. The van der Waals surface area contributed by atoms with Crippen LogP contribution in [-0.2, 0) is 16.4 Å². The van der Waals surface area contributed by atoms with Crippen LogP contribution in [0.5, 0.6) is 0 Å². The molecule has 0 amide bonds. The van der Waals surface area contributed by atoms with Crippen molar-refractivity contribution in [3.05, 3.63) is 34.9 Å². The Morgan fingerprint density at radius 1 is 1.30 bits per heavy atom. The number of sulfonamides is 1. The van der Waals surface area contributed by atoms with Crippen molar-refractivity contribution >= 4 is 10.0 Å². The highest BCUT2D eigenvalue weighted by Crippen LogP contribution is 2.31. The zero-order chi connectivity index (χ0) is 14.6. The van der Waals surface area contributed by atoms with Crippen molar-refractivity contribution in [2.75, 3.05) is 18.8 Å². The van der Waals surface area contributed by atoms with Gasteiger partial charge in [0.25, 0.3) is 0 Å². The average molecular weight is 296 g/mol. The average Bonchev–Trinajstić information content (AvgIpc) is 2.81. The molecule has 0 radical (unpaired) electrons. The summed E-state index contributed by atoms with van der Waals surface area (Å²) < 4.78 is 25.2. The molecule has 0 heterocycles. The summed E-state index contributed by atoms with van der Waals surface area (Å²) in [5.74, 6) is 0.149. The van der Waals surface area contributed by atoms with Crippen molar-refractivity contribution in [2.24, 2.45) is 0 Å². The molecule has 1 aromatic carbocycles. The lowest BCUT2D eigenvalue weighted by molar-refractivity contribution is 0.516. The minimum Gasteiger partial charge on any atom is -0.310 e. The van der Waals surface area contributed by atoms with Crippen LogP contribution in [0.15, 0.2) is 18.2 Å². The van der Waals surface area contributed by atoms with E-state index < -0.39 is 10.0 Å². The molecule has 1 aliphatic carbocycles. The lowest BCUT2D eigenvalue weighted by atomic mass is 10.1. The number of rotatable bonds is 7. The first kappa shape index (κ1) is 15.5. The second-order valence-electron chi connectivity index (χ2n) is 5.40. The van der Waals surface area contributed by atoms with Gasteiger partial charge in [0.1, 0.15) is 0 Å². The summed E-state index contributed by atoms with van der Waals surface area (Å²) in [7, 11) is -3.05. The maximum Gasteiger partial charge on any atom is 0.211 e. The van der Waals surface area contributed by atoms with E-state index in [0.717, 1.165) is 25.8 Å². The third-order valence-electron chi connectivity index (χ3n) is 3.83. The maximum atomic E-state index is 11.3. The molecule has 0 saturated heterocycles. The van der Waals surface area contributed by atoms with Gasteiger partial charge >= 0.3 is 0 Å². The van der Waals surface area contributed by atoms with E-state index in [9.17, 15) is 8.42 Å². The number of nitrogens with one attached hydrogen (secondary N) is 2. The molecular formula is C15H24N2O2S. The molecule has 0 aromatic heterocycles. The van der Waals surface area contributed by atoms with E-state index in [1.54, 1.807) is 6.92 Å². The van der Waals surface area contributed by atoms with Gasteiger partial charge in [0, 0.05) is 12.6 Å². The predicted molar refractivity (Wildman–Crippen MR) is 82.3 cm³/mol. The van der Waals surface area contributed by atoms with E-state index in [1.165, 1.54) is 16.7 Å². The monoisotopic (exact) mass is 296 g/mol. The molecule has 0 fully saturated rings. The zero-order valence-electron chi connectivity index (χ0n) is 12.3. The Balaban J connectivity index is 1.76. The van der Waals surface area contributed by atoms with E-state index in [0.29, 0.717) is 12.6 Å². The zero-order valence-corrected chi connectivity index (χ0v) is 13.1. The van der Waals surface area contributed by atoms with Gasteiger partial charge in [0.15, 0.2) is 0 Å². The standard InChI is InChI=1S/C15H24N2O2S/c1-3-20(18,19)17-10-4-9-16-15-8-7-13-6-5-12(2)11-14(13)15/h5-6,11,15-17H,3-4,7-10H2,1-2H3/t15-/m1/s1. The molecule has 1 atom stereocenters. The molecular weight excluding hydrogens is 272 g/mol. The first-order valence-corrected chi connectivity index (χ1v) is 8.97. The fraction of sp³-hybridized carbons (Fsp3) is 0.600. The number of benzene rings is 1. The molecule has 0 spiro atoms. The summed E-state index contributed by atoms with van der Waals surface area (Å²) in [6, 6.07) is 7.08. The highest BCUT2D eigenvalue weighted by Gasteiger charge is 2.21. The molecule has 2 rings (SSSR count).